The van der Waals surface area contributed by atoms with Crippen LogP contribution in [0.5, 0.6) is 5.75 Å². The summed E-state index contributed by atoms with van der Waals surface area (Å²) in [6.45, 7) is 11.2. The van der Waals surface area contributed by atoms with Crippen LogP contribution in [0.1, 0.15) is 102 Å². The number of ketones is 1. The molecule has 5 fully saturated rings. The molecule has 3 heterocycles. The summed E-state index contributed by atoms with van der Waals surface area (Å²) in [7, 11) is 1.65. The minimum atomic E-state index is -0.323. The summed E-state index contributed by atoms with van der Waals surface area (Å²) >= 11 is 0. The fourth-order valence-electron chi connectivity index (χ4n) is 11.7. The molecular formula is C39H53N2O4+. The van der Waals surface area contributed by atoms with Gasteiger partial charge < -0.3 is 14.2 Å². The minimum Gasteiger partial charge on any atom is -0.497 e. The maximum atomic E-state index is 12.9. The van der Waals surface area contributed by atoms with E-state index in [9.17, 15) is 4.79 Å². The third kappa shape index (κ3) is 4.63. The first-order chi connectivity index (χ1) is 21.6. The number of benzene rings is 1. The molecule has 45 heavy (non-hydrogen) atoms. The number of hydrogen-bond donors (Lipinski definition) is 0. The number of aromatic nitrogens is 2. The standard InChI is InChI=1S/C39H53N2O4/c1-25-12-17-39(44-23-25)26(2)36-35(45-39)21-33-31-11-8-28-20-29(13-15-37(28,3)32(31)14-16-38(33,36)4)41-19-18-40(24-41)22-34(42)27-6-9-30(43-5)10-7-27/h6-10,18-19,24-26,29,31-33,35-36H,11-17,20-23H2,1-5H3/q+1/t25-,26+,29-,31-,32+,33+,35+,36+,37+,38+,39-/m1/s1. The Morgan fingerprint density at radius 3 is 2.64 bits per heavy atom. The van der Waals surface area contributed by atoms with Gasteiger partial charge in [0.05, 0.1) is 19.8 Å². The molecule has 2 aromatic rings. The number of allylic oxidation sites excluding steroid dienone is 2. The summed E-state index contributed by atoms with van der Waals surface area (Å²) in [6, 6.07) is 7.87. The van der Waals surface area contributed by atoms with Crippen LogP contribution in [0.3, 0.4) is 0 Å². The topological polar surface area (TPSA) is 53.6 Å². The van der Waals surface area contributed by atoms with E-state index in [4.69, 9.17) is 14.2 Å². The third-order valence-corrected chi connectivity index (χ3v) is 14.2. The summed E-state index contributed by atoms with van der Waals surface area (Å²) in [5, 5.41) is 0. The Balaban J connectivity index is 0.953. The van der Waals surface area contributed by atoms with Crippen molar-refractivity contribution >= 4 is 5.78 Å². The highest BCUT2D eigenvalue weighted by atomic mass is 16.7. The summed E-state index contributed by atoms with van der Waals surface area (Å²) < 4.78 is 23.2. The molecular weight excluding hydrogens is 560 g/mol. The molecule has 6 nitrogen and oxygen atoms in total. The van der Waals surface area contributed by atoms with Gasteiger partial charge in [-0.05, 0) is 110 Å². The van der Waals surface area contributed by atoms with Crippen molar-refractivity contribution in [1.29, 1.82) is 0 Å². The number of nitrogens with zero attached hydrogens (tertiary/aromatic N) is 2. The summed E-state index contributed by atoms with van der Waals surface area (Å²) in [5.41, 5.74) is 3.09. The van der Waals surface area contributed by atoms with E-state index in [0.717, 1.165) is 48.5 Å². The highest BCUT2D eigenvalue weighted by molar-refractivity contribution is 5.95. The fourth-order valence-corrected chi connectivity index (χ4v) is 11.7. The minimum absolute atomic E-state index is 0.119. The smallest absolute Gasteiger partial charge is 0.244 e. The average Bonchev–Trinajstić information content (AvgIpc) is 3.70. The van der Waals surface area contributed by atoms with Crippen molar-refractivity contribution in [2.45, 2.75) is 110 Å². The lowest BCUT2D eigenvalue weighted by molar-refractivity contribution is -0.682. The second-order valence-corrected chi connectivity index (χ2v) is 16.4. The molecule has 0 amide bonds. The molecule has 2 aliphatic heterocycles. The lowest BCUT2D eigenvalue weighted by Gasteiger charge is -2.58. The van der Waals surface area contributed by atoms with Crippen molar-refractivity contribution in [2.75, 3.05) is 13.7 Å². The average molecular weight is 614 g/mol. The Morgan fingerprint density at radius 1 is 1.07 bits per heavy atom. The molecule has 6 aliphatic rings. The van der Waals surface area contributed by atoms with Gasteiger partial charge in [-0.15, -0.1) is 0 Å². The Bertz CT molecular complexity index is 1470. The van der Waals surface area contributed by atoms with Gasteiger partial charge in [-0.25, -0.2) is 9.13 Å². The summed E-state index contributed by atoms with van der Waals surface area (Å²) in [6.07, 6.45) is 20.5. The SMILES string of the molecule is COc1ccc(C(=O)C[n+]2ccn([C@@H]3CC[C@@]4(C)C(=CC[C@H]5[C@@H]6C[C@@H]7O[C@]8(CC[C@@H](C)CO8)[C@@H](C)[C@@H]7[C@@]6(C)CC[C@@H]54)C3)c2)cc1. The molecule has 0 N–H and O–H groups in total. The molecule has 11 atom stereocenters. The summed E-state index contributed by atoms with van der Waals surface area (Å²) in [4.78, 5) is 12.9. The second-order valence-electron chi connectivity index (χ2n) is 16.4. The van der Waals surface area contributed by atoms with Gasteiger partial charge in [0.2, 0.25) is 12.1 Å². The number of methoxy groups -OCH3 is 1. The van der Waals surface area contributed by atoms with Gasteiger partial charge in [0, 0.05) is 24.3 Å². The van der Waals surface area contributed by atoms with Crippen molar-refractivity contribution in [3.8, 4) is 5.75 Å². The van der Waals surface area contributed by atoms with Gasteiger partial charge in [-0.2, -0.15) is 0 Å². The van der Waals surface area contributed by atoms with Crippen molar-refractivity contribution < 1.29 is 23.6 Å². The van der Waals surface area contributed by atoms with Crippen LogP contribution in [-0.2, 0) is 16.0 Å². The number of ether oxygens (including phenoxy) is 3. The van der Waals surface area contributed by atoms with E-state index in [1.54, 1.807) is 12.7 Å². The zero-order chi connectivity index (χ0) is 31.1. The number of carbonyl (C=O) groups is 1. The zero-order valence-electron chi connectivity index (χ0n) is 28.0. The predicted octanol–water partition coefficient (Wildman–Crippen LogP) is 7.57. The molecule has 1 aromatic carbocycles. The number of rotatable bonds is 5. The van der Waals surface area contributed by atoms with Crippen LogP contribution in [-0.4, -0.2) is 36.0 Å². The molecule has 6 heteroatoms. The number of carbonyl (C=O) groups excluding carboxylic acids is 1. The largest absolute Gasteiger partial charge is 0.497 e. The molecule has 0 unspecified atom stereocenters. The van der Waals surface area contributed by atoms with Crippen LogP contribution in [0.2, 0.25) is 0 Å². The maximum absolute atomic E-state index is 12.9. The fraction of sp³-hybridized carbons (Fsp3) is 0.692. The molecule has 1 aromatic heterocycles. The van der Waals surface area contributed by atoms with E-state index in [-0.39, 0.29) is 11.6 Å². The number of imidazole rings is 1. The molecule has 3 saturated carbocycles. The third-order valence-electron chi connectivity index (χ3n) is 14.2. The highest BCUT2D eigenvalue weighted by Gasteiger charge is 2.68. The van der Waals surface area contributed by atoms with Crippen LogP contribution in [0.4, 0.5) is 0 Å². The zero-order valence-corrected chi connectivity index (χ0v) is 28.0. The van der Waals surface area contributed by atoms with E-state index < -0.39 is 0 Å². The molecule has 1 spiro atoms. The second kappa shape index (κ2) is 10.8. The first-order valence-electron chi connectivity index (χ1n) is 17.9. The van der Waals surface area contributed by atoms with Gasteiger partial charge in [-0.1, -0.05) is 39.3 Å². The Kier molecular flexibility index (Phi) is 7.18. The van der Waals surface area contributed by atoms with E-state index in [1.165, 1.54) is 44.9 Å². The number of hydrogen-bond acceptors (Lipinski definition) is 4. The van der Waals surface area contributed by atoms with Gasteiger partial charge in [0.15, 0.2) is 12.3 Å². The van der Waals surface area contributed by atoms with Crippen molar-refractivity contribution in [2.24, 2.45) is 46.3 Å². The van der Waals surface area contributed by atoms with Gasteiger partial charge in [0.25, 0.3) is 0 Å². The first-order valence-corrected chi connectivity index (χ1v) is 17.9. The Morgan fingerprint density at radius 2 is 1.89 bits per heavy atom. The molecule has 242 valence electrons. The van der Waals surface area contributed by atoms with E-state index in [1.807, 2.05) is 28.8 Å². The molecule has 4 aliphatic carbocycles. The van der Waals surface area contributed by atoms with Crippen LogP contribution in [0, 0.1) is 46.3 Å². The lowest BCUT2D eigenvalue weighted by Crippen LogP contribution is -2.52. The van der Waals surface area contributed by atoms with Crippen molar-refractivity contribution in [1.82, 2.24) is 4.57 Å². The molecule has 2 saturated heterocycles. The Labute approximate surface area is 269 Å². The van der Waals surface area contributed by atoms with Crippen molar-refractivity contribution in [3.05, 3.63) is 60.2 Å². The van der Waals surface area contributed by atoms with Gasteiger partial charge in [0.1, 0.15) is 24.2 Å². The van der Waals surface area contributed by atoms with Crippen LogP contribution < -0.4 is 9.30 Å². The normalized spacial score (nSPS) is 43.6. The molecule has 8 rings (SSSR count). The van der Waals surface area contributed by atoms with Crippen LogP contribution >= 0.6 is 0 Å². The van der Waals surface area contributed by atoms with Gasteiger partial charge >= 0.3 is 0 Å². The van der Waals surface area contributed by atoms with E-state index in [0.29, 0.717) is 47.3 Å². The van der Waals surface area contributed by atoms with Gasteiger partial charge in [-0.3, -0.25) is 4.79 Å². The van der Waals surface area contributed by atoms with E-state index in [2.05, 4.69) is 57.1 Å². The highest BCUT2D eigenvalue weighted by Crippen LogP contribution is 2.70. The number of Topliss-reactive ketones (excluding diaryl/α,β-unsaturated/α-hetero) is 1. The van der Waals surface area contributed by atoms with Crippen molar-refractivity contribution in [3.63, 3.8) is 0 Å². The van der Waals surface area contributed by atoms with Crippen LogP contribution in [0.15, 0.2) is 54.6 Å². The molecule has 0 bridgehead atoms. The van der Waals surface area contributed by atoms with Crippen LogP contribution in [0.25, 0.3) is 0 Å². The quantitative estimate of drug-likeness (QED) is 0.198. The number of fused-ring (bicyclic) bond motifs is 7. The maximum Gasteiger partial charge on any atom is 0.244 e. The Hall–Kier alpha value is -2.44. The summed E-state index contributed by atoms with van der Waals surface area (Å²) in [5.74, 6) is 4.64. The lowest BCUT2D eigenvalue weighted by atomic mass is 9.46. The molecule has 0 radical (unpaired) electrons. The first kappa shape index (κ1) is 29.9. The van der Waals surface area contributed by atoms with E-state index >= 15 is 0 Å². The monoisotopic (exact) mass is 613 g/mol. The predicted molar refractivity (Wildman–Crippen MR) is 173 cm³/mol.